The molecular weight excluding hydrogens is 356 g/mol. The van der Waals surface area contributed by atoms with Gasteiger partial charge in [0.05, 0.1) is 26.9 Å². The van der Waals surface area contributed by atoms with Gasteiger partial charge in [-0.15, -0.1) is 4.83 Å². The molecular formula is C14H11ClN4O4S. The summed E-state index contributed by atoms with van der Waals surface area (Å²) in [5.41, 5.74) is 2.34. The van der Waals surface area contributed by atoms with Gasteiger partial charge in [-0.2, -0.15) is 5.26 Å². The molecule has 24 heavy (non-hydrogen) atoms. The first-order valence-electron chi connectivity index (χ1n) is 6.50. The fourth-order valence-corrected chi connectivity index (χ4v) is 3.09. The number of hydrogen-bond acceptors (Lipinski definition) is 6. The van der Waals surface area contributed by atoms with Crippen LogP contribution in [0, 0.1) is 21.4 Å². The molecule has 0 saturated carbocycles. The number of non-ortho nitro benzene ring substituents is 1. The van der Waals surface area contributed by atoms with Crippen molar-refractivity contribution in [2.45, 2.75) is 5.75 Å². The SMILES string of the molecule is N#Cc1cc([N+](=O)[O-])cc(Cl)c1NNS(=O)(=O)Cc1ccccc1. The summed E-state index contributed by atoms with van der Waals surface area (Å²) in [4.78, 5) is 12.2. The molecule has 0 aliphatic heterocycles. The zero-order valence-electron chi connectivity index (χ0n) is 12.1. The van der Waals surface area contributed by atoms with E-state index in [1.54, 1.807) is 36.4 Å². The summed E-state index contributed by atoms with van der Waals surface area (Å²) in [7, 11) is -3.76. The van der Waals surface area contributed by atoms with E-state index in [-0.39, 0.29) is 27.7 Å². The van der Waals surface area contributed by atoms with E-state index in [2.05, 4.69) is 10.3 Å². The van der Waals surface area contributed by atoms with Gasteiger partial charge in [0.1, 0.15) is 6.07 Å². The van der Waals surface area contributed by atoms with E-state index in [0.717, 1.165) is 12.1 Å². The van der Waals surface area contributed by atoms with Gasteiger partial charge in [0, 0.05) is 12.1 Å². The van der Waals surface area contributed by atoms with Gasteiger partial charge in [-0.1, -0.05) is 41.9 Å². The molecule has 0 fully saturated rings. The van der Waals surface area contributed by atoms with E-state index in [4.69, 9.17) is 16.9 Å². The molecule has 8 nitrogen and oxygen atoms in total. The van der Waals surface area contributed by atoms with Crippen LogP contribution in [-0.2, 0) is 15.8 Å². The minimum Gasteiger partial charge on any atom is -0.305 e. The Labute approximate surface area is 142 Å². The molecule has 0 radical (unpaired) electrons. The molecule has 2 rings (SSSR count). The Morgan fingerprint density at radius 2 is 1.92 bits per heavy atom. The highest BCUT2D eigenvalue weighted by Gasteiger charge is 2.18. The molecule has 2 aromatic rings. The van der Waals surface area contributed by atoms with E-state index in [9.17, 15) is 18.5 Å². The van der Waals surface area contributed by atoms with Crippen LogP contribution in [0.5, 0.6) is 0 Å². The third kappa shape index (κ3) is 4.42. The third-order valence-corrected chi connectivity index (χ3v) is 4.36. The van der Waals surface area contributed by atoms with E-state index in [1.807, 2.05) is 0 Å². The van der Waals surface area contributed by atoms with Gasteiger partial charge in [0.2, 0.25) is 10.0 Å². The van der Waals surface area contributed by atoms with Crippen LogP contribution in [0.2, 0.25) is 5.02 Å². The lowest BCUT2D eigenvalue weighted by atomic mass is 10.2. The average Bonchev–Trinajstić information content (AvgIpc) is 2.53. The molecule has 0 atom stereocenters. The molecule has 2 N–H and O–H groups in total. The van der Waals surface area contributed by atoms with E-state index in [1.165, 1.54) is 0 Å². The summed E-state index contributed by atoms with van der Waals surface area (Å²) in [6, 6.07) is 12.2. The van der Waals surface area contributed by atoms with Crippen LogP contribution in [0.1, 0.15) is 11.1 Å². The number of anilines is 1. The second-order valence-electron chi connectivity index (χ2n) is 4.69. The number of halogens is 1. The Morgan fingerprint density at radius 1 is 1.25 bits per heavy atom. The lowest BCUT2D eigenvalue weighted by Crippen LogP contribution is -2.31. The molecule has 0 amide bonds. The van der Waals surface area contributed by atoms with Gasteiger partial charge in [-0.3, -0.25) is 10.1 Å². The molecule has 0 heterocycles. The van der Waals surface area contributed by atoms with E-state index < -0.39 is 14.9 Å². The number of nitro benzene ring substituents is 1. The van der Waals surface area contributed by atoms with Crippen LogP contribution in [0.25, 0.3) is 0 Å². The van der Waals surface area contributed by atoms with Gasteiger partial charge in [0.15, 0.2) is 0 Å². The highest BCUT2D eigenvalue weighted by molar-refractivity contribution is 7.88. The van der Waals surface area contributed by atoms with Crippen molar-refractivity contribution in [3.8, 4) is 6.07 Å². The number of nitriles is 1. The fourth-order valence-electron chi connectivity index (χ4n) is 1.87. The van der Waals surface area contributed by atoms with Crippen molar-refractivity contribution in [2.75, 3.05) is 5.43 Å². The summed E-state index contributed by atoms with van der Waals surface area (Å²) < 4.78 is 24.1. The Morgan fingerprint density at radius 3 is 2.50 bits per heavy atom. The van der Waals surface area contributed by atoms with Gasteiger partial charge in [0.25, 0.3) is 5.69 Å². The highest BCUT2D eigenvalue weighted by Crippen LogP contribution is 2.30. The molecule has 0 aliphatic carbocycles. The number of nitrogens with zero attached hydrogens (tertiary/aromatic N) is 2. The minimum absolute atomic E-state index is 0.0543. The number of nitrogens with one attached hydrogen (secondary N) is 2. The van der Waals surface area contributed by atoms with Crippen LogP contribution >= 0.6 is 11.6 Å². The Balaban J connectivity index is 2.20. The predicted molar refractivity (Wildman–Crippen MR) is 88.6 cm³/mol. The van der Waals surface area contributed by atoms with Crippen LogP contribution in [0.3, 0.4) is 0 Å². The summed E-state index contributed by atoms with van der Waals surface area (Å²) in [5.74, 6) is -0.284. The first-order valence-corrected chi connectivity index (χ1v) is 8.53. The van der Waals surface area contributed by atoms with E-state index in [0.29, 0.717) is 5.56 Å². The van der Waals surface area contributed by atoms with Crippen molar-refractivity contribution in [1.29, 1.82) is 5.26 Å². The zero-order chi connectivity index (χ0) is 17.7. The van der Waals surface area contributed by atoms with Gasteiger partial charge in [-0.05, 0) is 5.56 Å². The normalized spacial score (nSPS) is 10.8. The fraction of sp³-hybridized carbons (Fsp3) is 0.0714. The molecule has 0 aromatic heterocycles. The summed E-state index contributed by atoms with van der Waals surface area (Å²) in [6.07, 6.45) is 0. The van der Waals surface area contributed by atoms with Crippen molar-refractivity contribution in [3.63, 3.8) is 0 Å². The molecule has 0 bridgehead atoms. The summed E-state index contributed by atoms with van der Waals surface area (Å²) in [6.45, 7) is 0. The molecule has 10 heteroatoms. The summed E-state index contributed by atoms with van der Waals surface area (Å²) in [5, 5.41) is 19.7. The number of hydrogen-bond donors (Lipinski definition) is 2. The largest absolute Gasteiger partial charge is 0.305 e. The van der Waals surface area contributed by atoms with Gasteiger partial charge in [-0.25, -0.2) is 8.42 Å². The number of hydrazine groups is 1. The third-order valence-electron chi connectivity index (χ3n) is 2.94. The molecule has 0 spiro atoms. The lowest BCUT2D eigenvalue weighted by Gasteiger charge is -2.12. The van der Waals surface area contributed by atoms with Crippen molar-refractivity contribution in [2.24, 2.45) is 0 Å². The number of rotatable bonds is 6. The molecule has 0 saturated heterocycles. The quantitative estimate of drug-likeness (QED) is 0.597. The average molecular weight is 367 g/mol. The van der Waals surface area contributed by atoms with Crippen molar-refractivity contribution in [1.82, 2.24) is 4.83 Å². The van der Waals surface area contributed by atoms with Crippen LogP contribution in [-0.4, -0.2) is 13.3 Å². The smallest absolute Gasteiger partial charge is 0.272 e. The van der Waals surface area contributed by atoms with Gasteiger partial charge < -0.3 is 5.43 Å². The van der Waals surface area contributed by atoms with Crippen LogP contribution < -0.4 is 10.3 Å². The minimum atomic E-state index is -3.76. The number of nitro groups is 1. The number of sulfonamides is 1. The second-order valence-corrected chi connectivity index (χ2v) is 6.82. The first kappa shape index (κ1) is 17.7. The first-order chi connectivity index (χ1) is 11.3. The zero-order valence-corrected chi connectivity index (χ0v) is 13.6. The Kier molecular flexibility index (Phi) is 5.35. The molecule has 2 aromatic carbocycles. The summed E-state index contributed by atoms with van der Waals surface area (Å²) >= 11 is 5.89. The van der Waals surface area contributed by atoms with Crippen molar-refractivity contribution < 1.29 is 13.3 Å². The number of benzene rings is 2. The second kappa shape index (κ2) is 7.27. The van der Waals surface area contributed by atoms with Crippen molar-refractivity contribution >= 4 is 33.0 Å². The highest BCUT2D eigenvalue weighted by atomic mass is 35.5. The maximum absolute atomic E-state index is 12.1. The standard InChI is InChI=1S/C14H11ClN4O4S/c15-13-7-12(19(20)21)6-11(8-16)14(13)17-18-24(22,23)9-10-4-2-1-3-5-10/h1-7,17-18H,9H2. The molecule has 124 valence electrons. The van der Waals surface area contributed by atoms with E-state index >= 15 is 0 Å². The van der Waals surface area contributed by atoms with Crippen molar-refractivity contribution in [3.05, 3.63) is 68.7 Å². The van der Waals surface area contributed by atoms with Crippen LogP contribution in [0.15, 0.2) is 42.5 Å². The monoisotopic (exact) mass is 366 g/mol. The Hall–Kier alpha value is -2.67. The lowest BCUT2D eigenvalue weighted by molar-refractivity contribution is -0.384. The predicted octanol–water partition coefficient (Wildman–Crippen LogP) is 2.57. The maximum atomic E-state index is 12.1. The van der Waals surface area contributed by atoms with Crippen LogP contribution in [0.4, 0.5) is 11.4 Å². The van der Waals surface area contributed by atoms with Gasteiger partial charge >= 0.3 is 0 Å². The maximum Gasteiger partial charge on any atom is 0.272 e. The molecule has 0 unspecified atom stereocenters. The Bertz CT molecular complexity index is 910. The molecule has 0 aliphatic rings. The topological polar surface area (TPSA) is 125 Å².